The molecule has 0 heterocycles. The van der Waals surface area contributed by atoms with Gasteiger partial charge in [0.25, 0.3) is 0 Å². The molecule has 9 aromatic rings. The van der Waals surface area contributed by atoms with Crippen LogP contribution in [-0.2, 0) is 5.41 Å². The summed E-state index contributed by atoms with van der Waals surface area (Å²) < 4.78 is 0. The zero-order valence-corrected chi connectivity index (χ0v) is 38.2. The Morgan fingerprint density at radius 3 is 1.50 bits per heavy atom. The Morgan fingerprint density at radius 2 is 0.879 bits per heavy atom. The highest BCUT2D eigenvalue weighted by Gasteiger charge is 2.50. The third kappa shape index (κ3) is 6.76. The van der Waals surface area contributed by atoms with E-state index < -0.39 is 5.41 Å². The molecule has 0 fully saturated rings. The number of hydrogen-bond donors (Lipinski definition) is 0. The lowest BCUT2D eigenvalue weighted by Crippen LogP contribution is -2.32. The molecular formula is C66H52. The molecule has 11 rings (SSSR count). The minimum atomic E-state index is -0.642. The van der Waals surface area contributed by atoms with Crippen molar-refractivity contribution in [2.75, 3.05) is 0 Å². The Labute approximate surface area is 390 Å². The number of aryl methyl sites for hydroxylation is 2. The largest absolute Gasteiger partial charge is 0.0905 e. The van der Waals surface area contributed by atoms with E-state index in [4.69, 9.17) is 6.58 Å². The van der Waals surface area contributed by atoms with Crippen molar-refractivity contribution in [3.63, 3.8) is 0 Å². The van der Waals surface area contributed by atoms with E-state index in [1.165, 1.54) is 117 Å². The van der Waals surface area contributed by atoms with Crippen molar-refractivity contribution in [2.24, 2.45) is 0 Å². The maximum atomic E-state index is 4.83. The molecular weight excluding hydrogens is 793 g/mol. The number of benzene rings is 9. The van der Waals surface area contributed by atoms with Crippen LogP contribution in [-0.4, -0.2) is 0 Å². The molecule has 0 aromatic heterocycles. The van der Waals surface area contributed by atoms with Crippen LogP contribution in [0.3, 0.4) is 0 Å². The third-order valence-electron chi connectivity index (χ3n) is 14.5. The topological polar surface area (TPSA) is 0 Å². The van der Waals surface area contributed by atoms with Crippen molar-refractivity contribution in [3.05, 3.63) is 286 Å². The number of allylic oxidation sites excluding steroid dienone is 4. The van der Waals surface area contributed by atoms with Crippen LogP contribution in [0.25, 0.3) is 66.8 Å². The van der Waals surface area contributed by atoms with Crippen LogP contribution in [0.2, 0.25) is 0 Å². The highest BCUT2D eigenvalue weighted by molar-refractivity contribution is 5.94. The molecule has 316 valence electrons. The second-order valence-corrected chi connectivity index (χ2v) is 18.2. The lowest BCUT2D eigenvalue weighted by Gasteiger charge is -2.39. The van der Waals surface area contributed by atoms with Crippen molar-refractivity contribution in [3.8, 4) is 55.6 Å². The molecule has 1 atom stereocenters. The van der Waals surface area contributed by atoms with Gasteiger partial charge < -0.3 is 0 Å². The Morgan fingerprint density at radius 1 is 0.394 bits per heavy atom. The van der Waals surface area contributed by atoms with Crippen molar-refractivity contribution < 1.29 is 0 Å². The molecule has 0 bridgehead atoms. The maximum Gasteiger partial charge on any atom is 0.0716 e. The average molecular weight is 845 g/mol. The fourth-order valence-corrected chi connectivity index (χ4v) is 11.1. The monoisotopic (exact) mass is 844 g/mol. The molecule has 1 unspecified atom stereocenters. The van der Waals surface area contributed by atoms with Crippen molar-refractivity contribution in [2.45, 2.75) is 39.5 Å². The quantitative estimate of drug-likeness (QED) is 0.136. The minimum Gasteiger partial charge on any atom is -0.0905 e. The Hall–Kier alpha value is -7.80. The molecule has 0 radical (unpaired) electrons. The molecule has 0 N–H and O–H groups in total. The van der Waals surface area contributed by atoms with Crippen LogP contribution in [0.5, 0.6) is 0 Å². The standard InChI is InChI=1S/C66H52/c1-43-33-35-52(49-23-12-7-13-24-49)37-58(43)59-38-53(36-34-44(59)2)61-40-55(51-27-16-9-17-28-51)42-65(47(61)5)66(62-31-19-18-29-56(62)57-30-20-32-63(57)66)64-41-54(50-25-14-8-15-26-50)39-60(46(64)4)45(3)48-21-10-6-11-22-48/h6-29,31-42H,3,30H2,1-2,4-5H3. The van der Waals surface area contributed by atoms with Gasteiger partial charge in [-0.3, -0.25) is 0 Å². The summed E-state index contributed by atoms with van der Waals surface area (Å²) >= 11 is 0. The molecule has 0 spiro atoms. The second kappa shape index (κ2) is 16.6. The van der Waals surface area contributed by atoms with E-state index in [-0.39, 0.29) is 0 Å². The van der Waals surface area contributed by atoms with E-state index in [0.717, 1.165) is 17.6 Å². The Balaban J connectivity index is 1.23. The smallest absolute Gasteiger partial charge is 0.0716 e. The van der Waals surface area contributed by atoms with Gasteiger partial charge in [-0.1, -0.05) is 189 Å². The van der Waals surface area contributed by atoms with Gasteiger partial charge in [-0.05, 0) is 199 Å². The van der Waals surface area contributed by atoms with Crippen molar-refractivity contribution >= 4 is 11.1 Å². The summed E-state index contributed by atoms with van der Waals surface area (Å²) in [6.45, 7) is 14.0. The number of fused-ring (bicyclic) bond motifs is 2. The van der Waals surface area contributed by atoms with Crippen LogP contribution >= 0.6 is 0 Å². The fourth-order valence-electron chi connectivity index (χ4n) is 11.1. The van der Waals surface area contributed by atoms with Gasteiger partial charge in [0, 0.05) is 0 Å². The van der Waals surface area contributed by atoms with Gasteiger partial charge in [-0.2, -0.15) is 0 Å². The van der Waals surface area contributed by atoms with Gasteiger partial charge in [0.1, 0.15) is 0 Å². The fraction of sp³-hybridized carbons (Fsp3) is 0.0909. The van der Waals surface area contributed by atoms with Crippen LogP contribution < -0.4 is 0 Å². The summed E-state index contributed by atoms with van der Waals surface area (Å²) in [7, 11) is 0. The Kier molecular flexibility index (Phi) is 10.3. The van der Waals surface area contributed by atoms with Gasteiger partial charge in [-0.15, -0.1) is 0 Å². The normalized spacial score (nSPS) is 14.9. The van der Waals surface area contributed by atoms with Gasteiger partial charge in [0.2, 0.25) is 0 Å². The summed E-state index contributed by atoms with van der Waals surface area (Å²) in [5.41, 5.74) is 28.0. The first-order valence-electron chi connectivity index (χ1n) is 23.2. The molecule has 0 amide bonds. The summed E-state index contributed by atoms with van der Waals surface area (Å²) in [6, 6.07) is 76.4. The summed E-state index contributed by atoms with van der Waals surface area (Å²) in [5.74, 6) is 0. The SMILES string of the molecule is C=C(c1ccccc1)c1cc(-c2ccccc2)cc(C2(c3cc(-c4ccccc4)cc(-c4ccc(C)c(-c5cc(-c6ccccc6)ccc5C)c4)c3C)C3=C(CC=C3)c3ccccc32)c1C. The maximum absolute atomic E-state index is 4.83. The molecule has 66 heavy (non-hydrogen) atoms. The van der Waals surface area contributed by atoms with E-state index in [1.54, 1.807) is 0 Å². The van der Waals surface area contributed by atoms with Crippen molar-refractivity contribution in [1.29, 1.82) is 0 Å². The number of hydrogen-bond acceptors (Lipinski definition) is 0. The molecule has 0 saturated heterocycles. The van der Waals surface area contributed by atoms with E-state index in [9.17, 15) is 0 Å². The van der Waals surface area contributed by atoms with Gasteiger partial charge in [0.05, 0.1) is 5.41 Å². The van der Waals surface area contributed by atoms with Crippen molar-refractivity contribution in [1.82, 2.24) is 0 Å². The molecule has 0 heteroatoms. The highest BCUT2D eigenvalue weighted by atomic mass is 14.5. The summed E-state index contributed by atoms with van der Waals surface area (Å²) in [6.07, 6.45) is 5.73. The number of rotatable bonds is 9. The second-order valence-electron chi connectivity index (χ2n) is 18.2. The summed E-state index contributed by atoms with van der Waals surface area (Å²) in [4.78, 5) is 0. The van der Waals surface area contributed by atoms with E-state index in [2.05, 4.69) is 246 Å². The van der Waals surface area contributed by atoms with Crippen LogP contribution in [0, 0.1) is 27.7 Å². The highest BCUT2D eigenvalue weighted by Crippen LogP contribution is 2.60. The van der Waals surface area contributed by atoms with E-state index in [1.807, 2.05) is 0 Å². The summed E-state index contributed by atoms with van der Waals surface area (Å²) in [5, 5.41) is 0. The lowest BCUT2D eigenvalue weighted by molar-refractivity contribution is 0.749. The predicted molar refractivity (Wildman–Crippen MR) is 281 cm³/mol. The molecule has 0 saturated carbocycles. The van der Waals surface area contributed by atoms with Gasteiger partial charge >= 0.3 is 0 Å². The molecule has 0 nitrogen and oxygen atoms in total. The molecule has 9 aromatic carbocycles. The predicted octanol–water partition coefficient (Wildman–Crippen LogP) is 17.4. The third-order valence-corrected chi connectivity index (χ3v) is 14.5. The first-order chi connectivity index (χ1) is 32.3. The lowest BCUT2D eigenvalue weighted by atomic mass is 9.62. The average Bonchev–Trinajstić information content (AvgIpc) is 3.97. The first-order valence-corrected chi connectivity index (χ1v) is 23.2. The zero-order valence-electron chi connectivity index (χ0n) is 38.2. The van der Waals surface area contributed by atoms with Crippen LogP contribution in [0.4, 0.5) is 0 Å². The van der Waals surface area contributed by atoms with Crippen LogP contribution in [0.1, 0.15) is 62.1 Å². The van der Waals surface area contributed by atoms with Crippen LogP contribution in [0.15, 0.2) is 231 Å². The molecule has 2 aliphatic carbocycles. The van der Waals surface area contributed by atoms with Gasteiger partial charge in [-0.25, -0.2) is 0 Å². The first kappa shape index (κ1) is 40.9. The van der Waals surface area contributed by atoms with E-state index >= 15 is 0 Å². The molecule has 0 aliphatic heterocycles. The van der Waals surface area contributed by atoms with Gasteiger partial charge in [0.15, 0.2) is 0 Å². The minimum absolute atomic E-state index is 0.642. The zero-order chi connectivity index (χ0) is 44.9. The Bertz CT molecular complexity index is 3400. The molecule has 2 aliphatic rings. The van der Waals surface area contributed by atoms with E-state index in [0.29, 0.717) is 0 Å².